The van der Waals surface area contributed by atoms with Crippen molar-refractivity contribution in [2.45, 2.75) is 46.6 Å². The predicted octanol–water partition coefficient (Wildman–Crippen LogP) is 3.39. The number of rotatable bonds is 6. The van der Waals surface area contributed by atoms with Gasteiger partial charge in [-0.25, -0.2) is 9.78 Å². The van der Waals surface area contributed by atoms with Gasteiger partial charge in [0.15, 0.2) is 10.8 Å². The molecule has 0 bridgehead atoms. The molecule has 17 heavy (non-hydrogen) atoms. The van der Waals surface area contributed by atoms with E-state index in [0.29, 0.717) is 17.1 Å². The van der Waals surface area contributed by atoms with Gasteiger partial charge in [0, 0.05) is 10.9 Å². The fourth-order valence-electron chi connectivity index (χ4n) is 1.52. The Morgan fingerprint density at radius 3 is 2.53 bits per heavy atom. The highest BCUT2D eigenvalue weighted by Crippen LogP contribution is 2.23. The number of aryl methyl sites for hydroxylation is 1. The maximum absolute atomic E-state index is 10.9. The van der Waals surface area contributed by atoms with Crippen molar-refractivity contribution < 1.29 is 9.90 Å². The molecule has 0 aliphatic heterocycles. The minimum Gasteiger partial charge on any atom is -0.476 e. The summed E-state index contributed by atoms with van der Waals surface area (Å²) in [6.45, 7) is 8.27. The Bertz CT molecular complexity index is 388. The fraction of sp³-hybridized carbons (Fsp3) is 0.667. The molecule has 0 fully saturated rings. The molecular formula is C12H20N2O2S. The van der Waals surface area contributed by atoms with E-state index in [1.807, 2.05) is 0 Å². The highest BCUT2D eigenvalue weighted by molar-refractivity contribution is 7.15. The van der Waals surface area contributed by atoms with Crippen LogP contribution in [0.2, 0.25) is 0 Å². The Kier molecular flexibility index (Phi) is 4.93. The summed E-state index contributed by atoms with van der Waals surface area (Å²) in [6.07, 6.45) is 2.23. The summed E-state index contributed by atoms with van der Waals surface area (Å²) < 4.78 is 0. The first-order valence-electron chi connectivity index (χ1n) is 5.87. The zero-order valence-corrected chi connectivity index (χ0v) is 11.6. The molecule has 1 atom stereocenters. The second kappa shape index (κ2) is 6.00. The summed E-state index contributed by atoms with van der Waals surface area (Å²) >= 11 is 1.40. The minimum absolute atomic E-state index is 0.161. The lowest BCUT2D eigenvalue weighted by Crippen LogP contribution is -2.15. The molecule has 1 aromatic rings. The number of aromatic nitrogens is 1. The van der Waals surface area contributed by atoms with Crippen molar-refractivity contribution in [1.82, 2.24) is 4.98 Å². The zero-order valence-electron chi connectivity index (χ0n) is 10.8. The van der Waals surface area contributed by atoms with Gasteiger partial charge < -0.3 is 10.4 Å². The molecule has 0 aliphatic rings. The first kappa shape index (κ1) is 14.0. The highest BCUT2D eigenvalue weighted by Gasteiger charge is 2.15. The van der Waals surface area contributed by atoms with Crippen LogP contribution in [0.3, 0.4) is 0 Å². The lowest BCUT2D eigenvalue weighted by molar-refractivity contribution is 0.0690. The van der Waals surface area contributed by atoms with Crippen molar-refractivity contribution in [3.05, 3.63) is 10.6 Å². The molecule has 96 valence electrons. The number of thiazole rings is 1. The van der Waals surface area contributed by atoms with Gasteiger partial charge in [-0.2, -0.15) is 0 Å². The van der Waals surface area contributed by atoms with E-state index >= 15 is 0 Å². The second-order valence-electron chi connectivity index (χ2n) is 4.75. The molecule has 0 radical (unpaired) electrons. The Balaban J connectivity index is 2.57. The van der Waals surface area contributed by atoms with E-state index in [2.05, 4.69) is 31.1 Å². The lowest BCUT2D eigenvalue weighted by atomic mass is 10.0. The van der Waals surface area contributed by atoms with E-state index in [4.69, 9.17) is 5.11 Å². The van der Waals surface area contributed by atoms with Crippen LogP contribution < -0.4 is 5.32 Å². The van der Waals surface area contributed by atoms with E-state index in [9.17, 15) is 4.79 Å². The van der Waals surface area contributed by atoms with Crippen LogP contribution >= 0.6 is 11.3 Å². The van der Waals surface area contributed by atoms with Crippen molar-refractivity contribution in [3.8, 4) is 0 Å². The quantitative estimate of drug-likeness (QED) is 0.819. The van der Waals surface area contributed by atoms with Gasteiger partial charge in [-0.3, -0.25) is 0 Å². The number of carboxylic acids is 1. The summed E-state index contributed by atoms with van der Waals surface area (Å²) in [4.78, 5) is 15.7. The number of carbonyl (C=O) groups is 1. The summed E-state index contributed by atoms with van der Waals surface area (Å²) in [7, 11) is 0. The van der Waals surface area contributed by atoms with Crippen LogP contribution in [0.15, 0.2) is 0 Å². The van der Waals surface area contributed by atoms with Crippen LogP contribution in [-0.2, 0) is 0 Å². The summed E-state index contributed by atoms with van der Waals surface area (Å²) in [5, 5.41) is 12.9. The van der Waals surface area contributed by atoms with Crippen LogP contribution in [-0.4, -0.2) is 22.1 Å². The average molecular weight is 256 g/mol. The molecule has 0 spiro atoms. The van der Waals surface area contributed by atoms with Crippen LogP contribution in [0.25, 0.3) is 0 Å². The van der Waals surface area contributed by atoms with Crippen molar-refractivity contribution in [1.29, 1.82) is 0 Å². The number of hydrogen-bond donors (Lipinski definition) is 2. The lowest BCUT2D eigenvalue weighted by Gasteiger charge is -2.13. The monoisotopic (exact) mass is 256 g/mol. The average Bonchev–Trinajstić information content (AvgIpc) is 2.56. The highest BCUT2D eigenvalue weighted by atomic mass is 32.1. The molecule has 0 aliphatic carbocycles. The Labute approximate surface area is 106 Å². The molecule has 1 aromatic heterocycles. The van der Waals surface area contributed by atoms with Crippen molar-refractivity contribution in [3.63, 3.8) is 0 Å². The van der Waals surface area contributed by atoms with Gasteiger partial charge in [0.1, 0.15) is 0 Å². The van der Waals surface area contributed by atoms with Crippen LogP contribution in [0.4, 0.5) is 5.13 Å². The smallest absolute Gasteiger partial charge is 0.355 e. The maximum atomic E-state index is 10.9. The standard InChI is InChI=1S/C12H20N2O2S/c1-7(2)5-6-8(3)13-12-14-10(11(15)16)9(4)17-12/h7-8H,5-6H2,1-4H3,(H,13,14)(H,15,16). The number of anilines is 1. The van der Waals surface area contributed by atoms with Gasteiger partial charge in [0.05, 0.1) is 0 Å². The Morgan fingerprint density at radius 1 is 1.41 bits per heavy atom. The van der Waals surface area contributed by atoms with Gasteiger partial charge >= 0.3 is 5.97 Å². The van der Waals surface area contributed by atoms with Gasteiger partial charge in [0.2, 0.25) is 0 Å². The maximum Gasteiger partial charge on any atom is 0.355 e. The third kappa shape index (κ3) is 4.34. The van der Waals surface area contributed by atoms with Gasteiger partial charge in [0.25, 0.3) is 0 Å². The van der Waals surface area contributed by atoms with E-state index in [-0.39, 0.29) is 5.69 Å². The first-order valence-corrected chi connectivity index (χ1v) is 6.69. The second-order valence-corrected chi connectivity index (χ2v) is 5.95. The number of nitrogens with one attached hydrogen (secondary N) is 1. The van der Waals surface area contributed by atoms with Crippen LogP contribution in [0.5, 0.6) is 0 Å². The third-order valence-corrected chi connectivity index (χ3v) is 3.45. The predicted molar refractivity (Wildman–Crippen MR) is 71.0 cm³/mol. The molecule has 1 rings (SSSR count). The molecule has 1 unspecified atom stereocenters. The van der Waals surface area contributed by atoms with Gasteiger partial charge in [-0.15, -0.1) is 11.3 Å². The van der Waals surface area contributed by atoms with Gasteiger partial charge in [-0.1, -0.05) is 13.8 Å². The SMILES string of the molecule is Cc1sc(NC(C)CCC(C)C)nc1C(=O)O. The molecule has 0 saturated carbocycles. The number of nitrogens with zero attached hydrogens (tertiary/aromatic N) is 1. The van der Waals surface area contributed by atoms with Crippen molar-refractivity contribution >= 4 is 22.4 Å². The number of carboxylic acid groups (broad SMARTS) is 1. The van der Waals surface area contributed by atoms with Crippen LogP contribution in [0, 0.1) is 12.8 Å². The Hall–Kier alpha value is -1.10. The van der Waals surface area contributed by atoms with E-state index in [1.54, 1.807) is 6.92 Å². The van der Waals surface area contributed by atoms with E-state index < -0.39 is 5.97 Å². The van der Waals surface area contributed by atoms with Crippen molar-refractivity contribution in [2.75, 3.05) is 5.32 Å². The number of hydrogen-bond acceptors (Lipinski definition) is 4. The summed E-state index contributed by atoms with van der Waals surface area (Å²) in [5.41, 5.74) is 0.161. The largest absolute Gasteiger partial charge is 0.476 e. The zero-order chi connectivity index (χ0) is 13.0. The normalized spacial score (nSPS) is 12.8. The van der Waals surface area contributed by atoms with Gasteiger partial charge in [-0.05, 0) is 32.6 Å². The molecule has 4 nitrogen and oxygen atoms in total. The Morgan fingerprint density at radius 2 is 2.06 bits per heavy atom. The summed E-state index contributed by atoms with van der Waals surface area (Å²) in [5.74, 6) is -0.270. The first-order chi connectivity index (χ1) is 7.90. The third-order valence-electron chi connectivity index (χ3n) is 2.55. The van der Waals surface area contributed by atoms with E-state index in [1.165, 1.54) is 11.3 Å². The topological polar surface area (TPSA) is 62.2 Å². The fourth-order valence-corrected chi connectivity index (χ4v) is 2.44. The molecule has 0 saturated heterocycles. The van der Waals surface area contributed by atoms with E-state index in [0.717, 1.165) is 17.7 Å². The molecule has 5 heteroatoms. The molecule has 0 aromatic carbocycles. The molecule has 0 amide bonds. The molecule has 2 N–H and O–H groups in total. The van der Waals surface area contributed by atoms with Crippen LogP contribution in [0.1, 0.15) is 49.0 Å². The number of aromatic carboxylic acids is 1. The van der Waals surface area contributed by atoms with Crippen molar-refractivity contribution in [2.24, 2.45) is 5.92 Å². The minimum atomic E-state index is -0.957. The molecule has 1 heterocycles. The summed E-state index contributed by atoms with van der Waals surface area (Å²) in [6, 6.07) is 0.324. The molecular weight excluding hydrogens is 236 g/mol.